The van der Waals surface area contributed by atoms with Crippen LogP contribution >= 0.6 is 0 Å². The number of aromatic nitrogens is 1. The summed E-state index contributed by atoms with van der Waals surface area (Å²) in [4.78, 5) is 15.4. The number of anilines is 1. The zero-order chi connectivity index (χ0) is 14.8. The number of carbonyl (C=O) groups is 1. The average molecular weight is 290 g/mol. The quantitative estimate of drug-likeness (QED) is 0.669. The van der Waals surface area contributed by atoms with Crippen LogP contribution in [0.2, 0.25) is 0 Å². The van der Waals surface area contributed by atoms with Crippen molar-refractivity contribution in [3.05, 3.63) is 24.1 Å². The Morgan fingerprint density at radius 2 is 1.85 bits per heavy atom. The van der Waals surface area contributed by atoms with Crippen LogP contribution in [-0.2, 0) is 4.79 Å². The van der Waals surface area contributed by atoms with E-state index in [1.165, 1.54) is 12.1 Å². The van der Waals surface area contributed by atoms with Gasteiger partial charge in [0.05, 0.1) is 5.92 Å². The fourth-order valence-corrected chi connectivity index (χ4v) is 2.39. The van der Waals surface area contributed by atoms with Crippen molar-refractivity contribution in [3.63, 3.8) is 0 Å². The van der Waals surface area contributed by atoms with E-state index >= 15 is 0 Å². The normalized spacial score (nSPS) is 23.4. The van der Waals surface area contributed by atoms with E-state index in [2.05, 4.69) is 10.3 Å². The van der Waals surface area contributed by atoms with E-state index in [0.717, 1.165) is 6.07 Å². The molecule has 0 aliphatic heterocycles. The maximum absolute atomic E-state index is 12.9. The molecule has 110 valence electrons. The van der Waals surface area contributed by atoms with Crippen molar-refractivity contribution in [3.8, 4) is 0 Å². The standard InChI is InChI=1S/C13H14F4N2O/c14-10-2-1-3-11(18-10)19-12(20)8-4-6-9(7-5-8)13(15,16)17/h1-3,8-9H,4-7H2,(H,18,19,20). The minimum absolute atomic E-state index is 0.0435. The number of hydrogen-bond donors (Lipinski definition) is 1. The van der Waals surface area contributed by atoms with Gasteiger partial charge in [-0.2, -0.15) is 17.6 Å². The van der Waals surface area contributed by atoms with E-state index < -0.39 is 29.9 Å². The molecule has 1 aliphatic rings. The van der Waals surface area contributed by atoms with Gasteiger partial charge in [0.2, 0.25) is 11.9 Å². The number of nitrogens with zero attached hydrogens (tertiary/aromatic N) is 1. The molecule has 1 fully saturated rings. The number of amides is 1. The summed E-state index contributed by atoms with van der Waals surface area (Å²) in [6, 6.07) is 3.98. The molecule has 0 spiro atoms. The first-order valence-electron chi connectivity index (χ1n) is 6.36. The molecule has 1 aromatic heterocycles. The van der Waals surface area contributed by atoms with Crippen LogP contribution in [0, 0.1) is 17.8 Å². The third kappa shape index (κ3) is 3.68. The zero-order valence-electron chi connectivity index (χ0n) is 10.6. The number of nitrogens with one attached hydrogen (secondary N) is 1. The topological polar surface area (TPSA) is 42.0 Å². The van der Waals surface area contributed by atoms with Crippen LogP contribution < -0.4 is 5.32 Å². The number of alkyl halides is 3. The number of pyridine rings is 1. The van der Waals surface area contributed by atoms with E-state index in [4.69, 9.17) is 0 Å². The molecule has 1 N–H and O–H groups in total. The van der Waals surface area contributed by atoms with Crippen LogP contribution in [0.4, 0.5) is 23.4 Å². The molecule has 20 heavy (non-hydrogen) atoms. The molecule has 0 aromatic carbocycles. The monoisotopic (exact) mass is 290 g/mol. The summed E-state index contributed by atoms with van der Waals surface area (Å²) in [5.74, 6) is -2.84. The smallest absolute Gasteiger partial charge is 0.310 e. The number of halogens is 4. The van der Waals surface area contributed by atoms with Gasteiger partial charge in [-0.3, -0.25) is 4.79 Å². The Morgan fingerprint density at radius 3 is 2.40 bits per heavy atom. The minimum Gasteiger partial charge on any atom is -0.310 e. The lowest BCUT2D eigenvalue weighted by Gasteiger charge is -2.28. The summed E-state index contributed by atoms with van der Waals surface area (Å²) in [7, 11) is 0. The lowest BCUT2D eigenvalue weighted by atomic mass is 9.81. The van der Waals surface area contributed by atoms with Crippen LogP contribution in [0.5, 0.6) is 0 Å². The van der Waals surface area contributed by atoms with Crippen LogP contribution in [0.1, 0.15) is 25.7 Å². The Labute approximate surface area is 113 Å². The minimum atomic E-state index is -4.19. The Bertz CT molecular complexity index is 482. The summed E-state index contributed by atoms with van der Waals surface area (Å²) < 4.78 is 50.4. The third-order valence-corrected chi connectivity index (χ3v) is 3.53. The molecule has 0 bridgehead atoms. The van der Waals surface area contributed by atoms with Crippen LogP contribution in [0.15, 0.2) is 18.2 Å². The maximum atomic E-state index is 12.9. The Morgan fingerprint density at radius 1 is 1.20 bits per heavy atom. The van der Waals surface area contributed by atoms with Crippen molar-refractivity contribution in [2.75, 3.05) is 5.32 Å². The van der Waals surface area contributed by atoms with Gasteiger partial charge in [0.15, 0.2) is 0 Å². The van der Waals surface area contributed by atoms with E-state index in [9.17, 15) is 22.4 Å². The molecule has 0 atom stereocenters. The van der Waals surface area contributed by atoms with Crippen molar-refractivity contribution in [1.82, 2.24) is 4.98 Å². The highest BCUT2D eigenvalue weighted by molar-refractivity contribution is 5.91. The van der Waals surface area contributed by atoms with Crippen LogP contribution in [0.25, 0.3) is 0 Å². The highest BCUT2D eigenvalue weighted by atomic mass is 19.4. The van der Waals surface area contributed by atoms with Gasteiger partial charge >= 0.3 is 6.18 Å². The van der Waals surface area contributed by atoms with Crippen molar-refractivity contribution in [2.24, 2.45) is 11.8 Å². The number of carbonyl (C=O) groups excluding carboxylic acids is 1. The molecule has 1 saturated carbocycles. The second-order valence-electron chi connectivity index (χ2n) is 4.92. The van der Waals surface area contributed by atoms with Crippen LogP contribution in [-0.4, -0.2) is 17.1 Å². The summed E-state index contributed by atoms with van der Waals surface area (Å²) in [5, 5.41) is 2.43. The van der Waals surface area contributed by atoms with Crippen LogP contribution in [0.3, 0.4) is 0 Å². The predicted octanol–water partition coefficient (Wildman–Crippen LogP) is 3.53. The summed E-state index contributed by atoms with van der Waals surface area (Å²) in [6.07, 6.45) is -3.90. The fraction of sp³-hybridized carbons (Fsp3) is 0.538. The van der Waals surface area contributed by atoms with Crippen molar-refractivity contribution in [1.29, 1.82) is 0 Å². The number of hydrogen-bond acceptors (Lipinski definition) is 2. The molecule has 3 nitrogen and oxygen atoms in total. The van der Waals surface area contributed by atoms with Gasteiger partial charge in [0, 0.05) is 5.92 Å². The lowest BCUT2D eigenvalue weighted by molar-refractivity contribution is -0.184. The van der Waals surface area contributed by atoms with Crippen molar-refractivity contribution >= 4 is 11.7 Å². The molecule has 1 heterocycles. The third-order valence-electron chi connectivity index (χ3n) is 3.53. The summed E-state index contributed by atoms with van der Waals surface area (Å²) >= 11 is 0. The second kappa shape index (κ2) is 5.76. The SMILES string of the molecule is O=C(Nc1cccc(F)n1)C1CCC(C(F)(F)F)CC1. The Kier molecular flexibility index (Phi) is 4.25. The Balaban J connectivity index is 1.89. The zero-order valence-corrected chi connectivity index (χ0v) is 10.6. The molecular weight excluding hydrogens is 276 g/mol. The van der Waals surface area contributed by atoms with E-state index in [1.807, 2.05) is 0 Å². The summed E-state index contributed by atoms with van der Waals surface area (Å²) in [5.41, 5.74) is 0. The molecule has 2 rings (SSSR count). The molecule has 0 unspecified atom stereocenters. The first-order valence-corrected chi connectivity index (χ1v) is 6.36. The van der Waals surface area contributed by atoms with Gasteiger partial charge in [-0.1, -0.05) is 6.07 Å². The first-order chi connectivity index (χ1) is 9.36. The predicted molar refractivity (Wildman–Crippen MR) is 64.3 cm³/mol. The Hall–Kier alpha value is -1.66. The highest BCUT2D eigenvalue weighted by Crippen LogP contribution is 2.39. The lowest BCUT2D eigenvalue weighted by Crippen LogP contribution is -2.32. The molecule has 1 aliphatic carbocycles. The van der Waals surface area contributed by atoms with Gasteiger partial charge in [0.1, 0.15) is 5.82 Å². The molecular formula is C13H14F4N2O. The maximum Gasteiger partial charge on any atom is 0.391 e. The van der Waals surface area contributed by atoms with Crippen molar-refractivity contribution in [2.45, 2.75) is 31.9 Å². The largest absolute Gasteiger partial charge is 0.391 e. The van der Waals surface area contributed by atoms with Gasteiger partial charge < -0.3 is 5.32 Å². The molecule has 1 amide bonds. The molecule has 1 aromatic rings. The van der Waals surface area contributed by atoms with E-state index in [0.29, 0.717) is 0 Å². The van der Waals surface area contributed by atoms with Gasteiger partial charge in [0.25, 0.3) is 0 Å². The van der Waals surface area contributed by atoms with E-state index in [1.54, 1.807) is 0 Å². The van der Waals surface area contributed by atoms with Gasteiger partial charge in [-0.05, 0) is 37.8 Å². The van der Waals surface area contributed by atoms with E-state index in [-0.39, 0.29) is 31.5 Å². The highest BCUT2D eigenvalue weighted by Gasteiger charge is 2.42. The summed E-state index contributed by atoms with van der Waals surface area (Å²) in [6.45, 7) is 0. The fourth-order valence-electron chi connectivity index (χ4n) is 2.39. The molecule has 0 saturated heterocycles. The molecule has 7 heteroatoms. The number of rotatable bonds is 2. The molecule has 0 radical (unpaired) electrons. The van der Waals surface area contributed by atoms with Gasteiger partial charge in [-0.15, -0.1) is 0 Å². The first kappa shape index (κ1) is 14.7. The van der Waals surface area contributed by atoms with Crippen molar-refractivity contribution < 1.29 is 22.4 Å². The average Bonchev–Trinajstić information content (AvgIpc) is 2.38. The second-order valence-corrected chi connectivity index (χ2v) is 4.92. The van der Waals surface area contributed by atoms with Gasteiger partial charge in [-0.25, -0.2) is 4.98 Å².